The molecule has 0 aliphatic heterocycles. The van der Waals surface area contributed by atoms with Crippen LogP contribution >= 0.6 is 15.9 Å². The minimum Gasteiger partial charge on any atom is -0.390 e. The number of rotatable bonds is 5. The van der Waals surface area contributed by atoms with Crippen LogP contribution in [0.2, 0.25) is 0 Å². The number of nitrogens with two attached hydrogens (primary N) is 1. The molecule has 1 aromatic rings. The van der Waals surface area contributed by atoms with Gasteiger partial charge in [0.1, 0.15) is 11.9 Å². The number of anilines is 1. The van der Waals surface area contributed by atoms with Crippen LogP contribution in [0.4, 0.5) is 5.82 Å². The zero-order chi connectivity index (χ0) is 11.3. The summed E-state index contributed by atoms with van der Waals surface area (Å²) >= 11 is 3.20. The van der Waals surface area contributed by atoms with Gasteiger partial charge in [-0.2, -0.15) is 0 Å². The van der Waals surface area contributed by atoms with Crippen molar-refractivity contribution >= 4 is 21.7 Å². The molecule has 2 unspecified atom stereocenters. The SMILES string of the molecule is NNc1cccc(C(O)C(O)CCBr)n1. The molecule has 6 heteroatoms. The lowest BCUT2D eigenvalue weighted by molar-refractivity contribution is 0.0149. The van der Waals surface area contributed by atoms with E-state index in [9.17, 15) is 10.2 Å². The van der Waals surface area contributed by atoms with Gasteiger partial charge >= 0.3 is 0 Å². The smallest absolute Gasteiger partial charge is 0.140 e. The summed E-state index contributed by atoms with van der Waals surface area (Å²) in [6.45, 7) is 0. The maximum atomic E-state index is 9.74. The number of nitrogens with zero attached hydrogens (tertiary/aromatic N) is 1. The minimum absolute atomic E-state index is 0.402. The molecule has 1 aromatic heterocycles. The molecule has 0 aliphatic carbocycles. The van der Waals surface area contributed by atoms with Gasteiger partial charge in [0.2, 0.25) is 0 Å². The third-order valence-electron chi connectivity index (χ3n) is 1.99. The monoisotopic (exact) mass is 275 g/mol. The average Bonchev–Trinajstić information content (AvgIpc) is 2.28. The second-order valence-electron chi connectivity index (χ2n) is 3.08. The van der Waals surface area contributed by atoms with E-state index >= 15 is 0 Å². The lowest BCUT2D eigenvalue weighted by Gasteiger charge is -2.16. The molecule has 15 heavy (non-hydrogen) atoms. The van der Waals surface area contributed by atoms with Crippen molar-refractivity contribution in [2.24, 2.45) is 5.84 Å². The standard InChI is InChI=1S/C9H14BrN3O2/c10-5-4-7(14)9(15)6-2-1-3-8(12-6)13-11/h1-3,7,9,14-15H,4-5,11H2,(H,12,13). The van der Waals surface area contributed by atoms with Gasteiger partial charge in [0, 0.05) is 5.33 Å². The predicted molar refractivity (Wildman–Crippen MR) is 61.4 cm³/mol. The molecule has 2 atom stereocenters. The largest absolute Gasteiger partial charge is 0.390 e. The number of hydrazine groups is 1. The number of hydrogen-bond acceptors (Lipinski definition) is 5. The number of nitrogens with one attached hydrogen (secondary N) is 1. The number of alkyl halides is 1. The summed E-state index contributed by atoms with van der Waals surface area (Å²) in [7, 11) is 0. The second-order valence-corrected chi connectivity index (χ2v) is 3.87. The van der Waals surface area contributed by atoms with E-state index in [1.807, 2.05) is 0 Å². The van der Waals surface area contributed by atoms with E-state index in [1.54, 1.807) is 18.2 Å². The Hall–Kier alpha value is -0.690. The topological polar surface area (TPSA) is 91.4 Å². The first kappa shape index (κ1) is 12.4. The highest BCUT2D eigenvalue weighted by Gasteiger charge is 2.18. The average molecular weight is 276 g/mol. The van der Waals surface area contributed by atoms with Crippen molar-refractivity contribution in [2.75, 3.05) is 10.8 Å². The van der Waals surface area contributed by atoms with Crippen LogP contribution in [0, 0.1) is 0 Å². The Bertz CT molecular complexity index is 311. The molecule has 0 bridgehead atoms. The molecule has 0 aromatic carbocycles. The quantitative estimate of drug-likeness (QED) is 0.358. The van der Waals surface area contributed by atoms with Gasteiger partial charge < -0.3 is 15.6 Å². The van der Waals surface area contributed by atoms with Crippen molar-refractivity contribution in [3.8, 4) is 0 Å². The molecule has 0 spiro atoms. The van der Waals surface area contributed by atoms with Gasteiger partial charge in [-0.1, -0.05) is 22.0 Å². The zero-order valence-corrected chi connectivity index (χ0v) is 9.68. The van der Waals surface area contributed by atoms with Crippen LogP contribution in [0.3, 0.4) is 0 Å². The fourth-order valence-electron chi connectivity index (χ4n) is 1.16. The number of aliphatic hydroxyl groups is 2. The van der Waals surface area contributed by atoms with E-state index in [1.165, 1.54) is 0 Å². The molecule has 0 radical (unpaired) electrons. The molecule has 1 rings (SSSR count). The summed E-state index contributed by atoms with van der Waals surface area (Å²) in [5.41, 5.74) is 2.78. The van der Waals surface area contributed by atoms with E-state index < -0.39 is 12.2 Å². The Balaban J connectivity index is 2.76. The van der Waals surface area contributed by atoms with Crippen LogP contribution in [0.25, 0.3) is 0 Å². The van der Waals surface area contributed by atoms with Gasteiger partial charge in [0.15, 0.2) is 0 Å². The molecule has 0 amide bonds. The number of aliphatic hydroxyl groups excluding tert-OH is 2. The van der Waals surface area contributed by atoms with E-state index in [0.717, 1.165) is 0 Å². The van der Waals surface area contributed by atoms with Crippen molar-refractivity contribution in [2.45, 2.75) is 18.6 Å². The number of halogens is 1. The van der Waals surface area contributed by atoms with Gasteiger partial charge in [-0.3, -0.25) is 0 Å². The molecule has 5 nitrogen and oxygen atoms in total. The molecular formula is C9H14BrN3O2. The summed E-state index contributed by atoms with van der Waals surface area (Å²) in [6, 6.07) is 5.03. The molecular weight excluding hydrogens is 262 g/mol. The fraction of sp³-hybridized carbons (Fsp3) is 0.444. The Kier molecular flexibility index (Phi) is 4.97. The first-order chi connectivity index (χ1) is 7.19. The summed E-state index contributed by atoms with van der Waals surface area (Å²) in [4.78, 5) is 4.03. The van der Waals surface area contributed by atoms with Gasteiger partial charge in [0.05, 0.1) is 11.8 Å². The Morgan fingerprint density at radius 1 is 1.47 bits per heavy atom. The molecule has 0 saturated carbocycles. The third-order valence-corrected chi connectivity index (χ3v) is 2.45. The maximum Gasteiger partial charge on any atom is 0.140 e. The third kappa shape index (κ3) is 3.42. The number of hydrogen-bond donors (Lipinski definition) is 4. The van der Waals surface area contributed by atoms with E-state index in [0.29, 0.717) is 23.3 Å². The summed E-state index contributed by atoms with van der Waals surface area (Å²) in [5.74, 6) is 5.65. The molecule has 0 fully saturated rings. The normalized spacial score (nSPS) is 14.7. The lowest BCUT2D eigenvalue weighted by Crippen LogP contribution is -2.20. The zero-order valence-electron chi connectivity index (χ0n) is 8.10. The van der Waals surface area contributed by atoms with E-state index in [4.69, 9.17) is 5.84 Å². The highest BCUT2D eigenvalue weighted by atomic mass is 79.9. The Morgan fingerprint density at radius 2 is 2.20 bits per heavy atom. The van der Waals surface area contributed by atoms with Crippen LogP contribution in [-0.4, -0.2) is 26.6 Å². The number of pyridine rings is 1. The molecule has 1 heterocycles. The number of aromatic nitrogens is 1. The Morgan fingerprint density at radius 3 is 2.80 bits per heavy atom. The highest BCUT2D eigenvalue weighted by molar-refractivity contribution is 9.09. The summed E-state index contributed by atoms with van der Waals surface area (Å²) in [5, 5.41) is 19.9. The van der Waals surface area contributed by atoms with E-state index in [-0.39, 0.29) is 0 Å². The van der Waals surface area contributed by atoms with Gasteiger partial charge in [0.25, 0.3) is 0 Å². The van der Waals surface area contributed by atoms with Gasteiger partial charge in [-0.05, 0) is 18.6 Å². The predicted octanol–water partition coefficient (Wildman–Crippen LogP) is 0.547. The van der Waals surface area contributed by atoms with Crippen LogP contribution in [0.15, 0.2) is 18.2 Å². The van der Waals surface area contributed by atoms with Crippen molar-refractivity contribution < 1.29 is 10.2 Å². The second kappa shape index (κ2) is 6.02. The van der Waals surface area contributed by atoms with Crippen molar-refractivity contribution in [1.82, 2.24) is 4.98 Å². The minimum atomic E-state index is -0.990. The first-order valence-corrected chi connectivity index (χ1v) is 5.67. The molecule has 84 valence electrons. The van der Waals surface area contributed by atoms with Crippen LogP contribution in [0.5, 0.6) is 0 Å². The first-order valence-electron chi connectivity index (χ1n) is 4.54. The Labute approximate surface area is 96.4 Å². The summed E-state index contributed by atoms with van der Waals surface area (Å²) < 4.78 is 0. The van der Waals surface area contributed by atoms with E-state index in [2.05, 4.69) is 26.3 Å². The number of nitrogen functional groups attached to an aromatic ring is 1. The summed E-state index contributed by atoms with van der Waals surface area (Å²) in [6.07, 6.45) is -1.36. The lowest BCUT2D eigenvalue weighted by atomic mass is 10.1. The van der Waals surface area contributed by atoms with Crippen LogP contribution in [-0.2, 0) is 0 Å². The molecule has 0 saturated heterocycles. The van der Waals surface area contributed by atoms with Crippen LogP contribution < -0.4 is 11.3 Å². The van der Waals surface area contributed by atoms with Gasteiger partial charge in [-0.25, -0.2) is 10.8 Å². The van der Waals surface area contributed by atoms with Crippen molar-refractivity contribution in [1.29, 1.82) is 0 Å². The van der Waals surface area contributed by atoms with Crippen molar-refractivity contribution in [3.63, 3.8) is 0 Å². The van der Waals surface area contributed by atoms with Crippen molar-refractivity contribution in [3.05, 3.63) is 23.9 Å². The fourth-order valence-corrected chi connectivity index (χ4v) is 1.63. The highest BCUT2D eigenvalue weighted by Crippen LogP contribution is 2.18. The maximum absolute atomic E-state index is 9.74. The molecule has 5 N–H and O–H groups in total. The molecule has 0 aliphatic rings. The van der Waals surface area contributed by atoms with Gasteiger partial charge in [-0.15, -0.1) is 0 Å². The van der Waals surface area contributed by atoms with Crippen LogP contribution in [0.1, 0.15) is 18.2 Å².